The summed E-state index contributed by atoms with van der Waals surface area (Å²) in [4.78, 5) is 12.9. The smallest absolute Gasteiger partial charge is 0.155 e. The topological polar surface area (TPSA) is 29.5 Å². The van der Waals surface area contributed by atoms with E-state index in [9.17, 15) is 9.18 Å². The molecule has 0 fully saturated rings. The van der Waals surface area contributed by atoms with Crippen LogP contribution in [0.2, 0.25) is 0 Å². The molecule has 0 atom stereocenters. The number of ether oxygens (including phenoxy) is 1. The van der Waals surface area contributed by atoms with Crippen LogP contribution in [-0.4, -0.2) is 32.6 Å². The Kier molecular flexibility index (Phi) is 5.10. The summed E-state index contributed by atoms with van der Waals surface area (Å²) >= 11 is 0. The van der Waals surface area contributed by atoms with Gasteiger partial charge in [0.05, 0.1) is 17.9 Å². The minimum absolute atomic E-state index is 0.109. The summed E-state index contributed by atoms with van der Waals surface area (Å²) in [6.45, 7) is 5.15. The minimum atomic E-state index is -0.486. The fourth-order valence-electron chi connectivity index (χ4n) is 1.74. The number of rotatable bonds is 6. The molecule has 1 aromatic carbocycles. The Morgan fingerprint density at radius 3 is 2.71 bits per heavy atom. The Balaban J connectivity index is 3.09. The van der Waals surface area contributed by atoms with E-state index >= 15 is 0 Å². The lowest BCUT2D eigenvalue weighted by atomic mass is 10.1. The Bertz CT molecular complexity index is 380. The molecule has 0 aromatic heterocycles. The van der Waals surface area contributed by atoms with E-state index in [1.54, 1.807) is 19.2 Å². The van der Waals surface area contributed by atoms with Crippen LogP contribution in [0.3, 0.4) is 0 Å². The zero-order chi connectivity index (χ0) is 12.8. The number of hydrogen-bond acceptors (Lipinski definition) is 3. The van der Waals surface area contributed by atoms with Gasteiger partial charge in [-0.15, -0.1) is 0 Å². The average molecular weight is 239 g/mol. The van der Waals surface area contributed by atoms with Crippen LogP contribution in [0.15, 0.2) is 18.2 Å². The second kappa shape index (κ2) is 6.35. The molecule has 0 saturated carbocycles. The van der Waals surface area contributed by atoms with Crippen LogP contribution in [-0.2, 0) is 4.74 Å². The quantitative estimate of drug-likeness (QED) is 0.714. The molecule has 0 heterocycles. The van der Waals surface area contributed by atoms with E-state index in [2.05, 4.69) is 0 Å². The molecule has 94 valence electrons. The molecule has 4 heteroatoms. The molecule has 3 nitrogen and oxygen atoms in total. The van der Waals surface area contributed by atoms with Crippen LogP contribution < -0.4 is 4.90 Å². The third-order valence-electron chi connectivity index (χ3n) is 2.62. The number of carbonyl (C=O) groups is 1. The van der Waals surface area contributed by atoms with E-state index < -0.39 is 5.82 Å². The number of nitrogens with zero attached hydrogens (tertiary/aromatic N) is 1. The van der Waals surface area contributed by atoms with Crippen molar-refractivity contribution in [1.29, 1.82) is 0 Å². The van der Waals surface area contributed by atoms with Crippen LogP contribution in [0.25, 0.3) is 0 Å². The van der Waals surface area contributed by atoms with Crippen molar-refractivity contribution >= 4 is 12.0 Å². The second-order valence-corrected chi connectivity index (χ2v) is 4.07. The predicted molar refractivity (Wildman–Crippen MR) is 66.1 cm³/mol. The standard InChI is InChI=1S/C13H18FNO2/c1-10(2)15(7-8-17-3)13-6-4-5-12(14)11(13)9-16/h4-6,9-10H,7-8H2,1-3H3. The molecule has 0 radical (unpaired) electrons. The zero-order valence-electron chi connectivity index (χ0n) is 10.4. The highest BCUT2D eigenvalue weighted by molar-refractivity contribution is 5.85. The van der Waals surface area contributed by atoms with Crippen molar-refractivity contribution in [3.8, 4) is 0 Å². The zero-order valence-corrected chi connectivity index (χ0v) is 10.4. The van der Waals surface area contributed by atoms with Gasteiger partial charge in [-0.1, -0.05) is 6.07 Å². The first-order valence-corrected chi connectivity index (χ1v) is 5.61. The Hall–Kier alpha value is -1.42. The van der Waals surface area contributed by atoms with Gasteiger partial charge in [0.1, 0.15) is 5.82 Å². The molecule has 0 saturated heterocycles. The summed E-state index contributed by atoms with van der Waals surface area (Å²) in [6, 6.07) is 4.83. The number of hydrogen-bond donors (Lipinski definition) is 0. The molecular formula is C13H18FNO2. The third-order valence-corrected chi connectivity index (χ3v) is 2.62. The maximum atomic E-state index is 13.5. The van der Waals surface area contributed by atoms with Crippen LogP contribution in [0.5, 0.6) is 0 Å². The summed E-state index contributed by atoms with van der Waals surface area (Å²) < 4.78 is 18.5. The molecule has 0 unspecified atom stereocenters. The number of halogens is 1. The largest absolute Gasteiger partial charge is 0.383 e. The lowest BCUT2D eigenvalue weighted by Crippen LogP contribution is -2.34. The first-order chi connectivity index (χ1) is 8.11. The van der Waals surface area contributed by atoms with E-state index in [1.807, 2.05) is 18.7 Å². The van der Waals surface area contributed by atoms with E-state index in [-0.39, 0.29) is 11.6 Å². The van der Waals surface area contributed by atoms with E-state index in [1.165, 1.54) is 6.07 Å². The van der Waals surface area contributed by atoms with Crippen LogP contribution in [0.4, 0.5) is 10.1 Å². The maximum absolute atomic E-state index is 13.5. The fourth-order valence-corrected chi connectivity index (χ4v) is 1.74. The van der Waals surface area contributed by atoms with Crippen molar-refractivity contribution in [2.75, 3.05) is 25.2 Å². The normalized spacial score (nSPS) is 10.6. The van der Waals surface area contributed by atoms with Crippen LogP contribution >= 0.6 is 0 Å². The van der Waals surface area contributed by atoms with Gasteiger partial charge in [0.15, 0.2) is 6.29 Å². The maximum Gasteiger partial charge on any atom is 0.155 e. The lowest BCUT2D eigenvalue weighted by Gasteiger charge is -2.29. The predicted octanol–water partition coefficient (Wildman–Crippen LogP) is 2.50. The molecule has 0 aliphatic carbocycles. The Morgan fingerprint density at radius 1 is 1.47 bits per heavy atom. The summed E-state index contributed by atoms with van der Waals surface area (Å²) in [6.07, 6.45) is 0.562. The fraction of sp³-hybridized carbons (Fsp3) is 0.462. The van der Waals surface area contributed by atoms with Gasteiger partial charge < -0.3 is 9.64 Å². The second-order valence-electron chi connectivity index (χ2n) is 4.07. The van der Waals surface area contributed by atoms with Gasteiger partial charge >= 0.3 is 0 Å². The summed E-state index contributed by atoms with van der Waals surface area (Å²) in [7, 11) is 1.62. The van der Waals surface area contributed by atoms with Crippen molar-refractivity contribution in [2.24, 2.45) is 0 Å². The van der Waals surface area contributed by atoms with E-state index in [0.717, 1.165) is 0 Å². The number of methoxy groups -OCH3 is 1. The Labute approximate surface area is 101 Å². The van der Waals surface area contributed by atoms with Gasteiger partial charge in [0.2, 0.25) is 0 Å². The van der Waals surface area contributed by atoms with Crippen LogP contribution in [0, 0.1) is 5.82 Å². The highest BCUT2D eigenvalue weighted by Crippen LogP contribution is 2.23. The number of aldehydes is 1. The number of anilines is 1. The average Bonchev–Trinajstić information content (AvgIpc) is 2.29. The molecule has 0 spiro atoms. The summed E-state index contributed by atoms with van der Waals surface area (Å²) in [5.74, 6) is -0.486. The Morgan fingerprint density at radius 2 is 2.18 bits per heavy atom. The summed E-state index contributed by atoms with van der Waals surface area (Å²) in [5.41, 5.74) is 0.726. The van der Waals surface area contributed by atoms with Crippen molar-refractivity contribution in [1.82, 2.24) is 0 Å². The van der Waals surface area contributed by atoms with Crippen molar-refractivity contribution in [3.05, 3.63) is 29.6 Å². The highest BCUT2D eigenvalue weighted by atomic mass is 19.1. The molecule has 0 bridgehead atoms. The van der Waals surface area contributed by atoms with Crippen LogP contribution in [0.1, 0.15) is 24.2 Å². The van der Waals surface area contributed by atoms with Gasteiger partial charge in [-0.25, -0.2) is 4.39 Å². The van der Waals surface area contributed by atoms with E-state index in [0.29, 0.717) is 25.1 Å². The SMILES string of the molecule is COCCN(c1cccc(F)c1C=O)C(C)C. The van der Waals surface area contributed by atoms with Gasteiger partial charge in [-0.05, 0) is 26.0 Å². The number of benzene rings is 1. The summed E-state index contributed by atoms with van der Waals surface area (Å²) in [5, 5.41) is 0. The molecule has 0 N–H and O–H groups in total. The van der Waals surface area contributed by atoms with Gasteiger partial charge in [0.25, 0.3) is 0 Å². The lowest BCUT2D eigenvalue weighted by molar-refractivity contribution is 0.112. The number of carbonyl (C=O) groups excluding carboxylic acids is 1. The molecule has 17 heavy (non-hydrogen) atoms. The molecule has 0 aliphatic rings. The first-order valence-electron chi connectivity index (χ1n) is 5.61. The highest BCUT2D eigenvalue weighted by Gasteiger charge is 2.16. The minimum Gasteiger partial charge on any atom is -0.383 e. The molecular weight excluding hydrogens is 221 g/mol. The molecule has 1 rings (SSSR count). The molecule has 0 aliphatic heterocycles. The third kappa shape index (κ3) is 3.27. The van der Waals surface area contributed by atoms with Crippen molar-refractivity contribution in [2.45, 2.75) is 19.9 Å². The van der Waals surface area contributed by atoms with Gasteiger partial charge in [-0.2, -0.15) is 0 Å². The first kappa shape index (κ1) is 13.6. The molecule has 1 aromatic rings. The monoisotopic (exact) mass is 239 g/mol. The molecule has 0 amide bonds. The van der Waals surface area contributed by atoms with E-state index in [4.69, 9.17) is 4.74 Å². The van der Waals surface area contributed by atoms with Crippen molar-refractivity contribution < 1.29 is 13.9 Å². The van der Waals surface area contributed by atoms with Gasteiger partial charge in [0, 0.05) is 19.7 Å². The van der Waals surface area contributed by atoms with Gasteiger partial charge in [-0.3, -0.25) is 4.79 Å². The van der Waals surface area contributed by atoms with Crippen molar-refractivity contribution in [3.63, 3.8) is 0 Å².